The molecule has 3 heteroatoms. The number of hydrogen-bond donors (Lipinski definition) is 1. The van der Waals surface area contributed by atoms with E-state index in [4.69, 9.17) is 9.94 Å². The smallest absolute Gasteiger partial charge is 0.138 e. The van der Waals surface area contributed by atoms with Crippen LogP contribution in [-0.2, 0) is 4.74 Å². The van der Waals surface area contributed by atoms with Gasteiger partial charge in [-0.3, -0.25) is 0 Å². The number of oxime groups is 1. The zero-order valence-electron chi connectivity index (χ0n) is 8.50. The third kappa shape index (κ3) is 1.10. The van der Waals surface area contributed by atoms with Crippen LogP contribution in [0, 0.1) is 5.92 Å². The Kier molecular flexibility index (Phi) is 1.71. The monoisotopic (exact) mass is 183 g/mol. The van der Waals surface area contributed by atoms with Crippen LogP contribution in [0.5, 0.6) is 0 Å². The molecule has 1 aliphatic heterocycles. The van der Waals surface area contributed by atoms with E-state index < -0.39 is 0 Å². The molecule has 1 saturated heterocycles. The van der Waals surface area contributed by atoms with Gasteiger partial charge in [0, 0.05) is 0 Å². The molecule has 0 aromatic carbocycles. The summed E-state index contributed by atoms with van der Waals surface area (Å²) in [6.45, 7) is 6.32. The minimum Gasteiger partial charge on any atom is -0.411 e. The zero-order chi connectivity index (χ0) is 9.69. The highest BCUT2D eigenvalue weighted by Gasteiger charge is 2.67. The fourth-order valence-electron chi connectivity index (χ4n) is 2.48. The van der Waals surface area contributed by atoms with Crippen molar-refractivity contribution in [1.29, 1.82) is 0 Å². The Hall–Kier alpha value is -0.570. The first-order chi connectivity index (χ1) is 6.02. The van der Waals surface area contributed by atoms with Gasteiger partial charge in [0.2, 0.25) is 0 Å². The lowest BCUT2D eigenvalue weighted by Gasteiger charge is -2.26. The molecular formula is C10H17NO2. The van der Waals surface area contributed by atoms with Gasteiger partial charge in [0.05, 0.1) is 11.3 Å². The van der Waals surface area contributed by atoms with Gasteiger partial charge in [0.15, 0.2) is 0 Å². The van der Waals surface area contributed by atoms with Gasteiger partial charge in [-0.05, 0) is 39.0 Å². The zero-order valence-corrected chi connectivity index (χ0v) is 8.50. The van der Waals surface area contributed by atoms with Gasteiger partial charge < -0.3 is 9.94 Å². The summed E-state index contributed by atoms with van der Waals surface area (Å²) in [7, 11) is 0. The van der Waals surface area contributed by atoms with Crippen molar-refractivity contribution in [2.45, 2.75) is 51.2 Å². The molecule has 0 bridgehead atoms. The molecule has 0 amide bonds. The van der Waals surface area contributed by atoms with Gasteiger partial charge in [0.25, 0.3) is 0 Å². The van der Waals surface area contributed by atoms with Crippen molar-refractivity contribution in [2.75, 3.05) is 0 Å². The summed E-state index contributed by atoms with van der Waals surface area (Å²) in [5, 5.41) is 12.3. The van der Waals surface area contributed by atoms with Crippen LogP contribution in [0.1, 0.15) is 40.0 Å². The maximum atomic E-state index is 8.92. The van der Waals surface area contributed by atoms with Gasteiger partial charge in [-0.15, -0.1) is 0 Å². The van der Waals surface area contributed by atoms with Crippen molar-refractivity contribution in [3.8, 4) is 0 Å². The first kappa shape index (κ1) is 9.00. The van der Waals surface area contributed by atoms with Crippen molar-refractivity contribution in [3.63, 3.8) is 0 Å². The number of epoxide rings is 1. The van der Waals surface area contributed by atoms with Crippen molar-refractivity contribution in [2.24, 2.45) is 11.1 Å². The van der Waals surface area contributed by atoms with Gasteiger partial charge in [0.1, 0.15) is 5.60 Å². The van der Waals surface area contributed by atoms with E-state index in [9.17, 15) is 0 Å². The second-order valence-corrected chi connectivity index (χ2v) is 4.83. The second kappa shape index (κ2) is 2.47. The fourth-order valence-corrected chi connectivity index (χ4v) is 2.48. The number of hydrogen-bond acceptors (Lipinski definition) is 3. The van der Waals surface area contributed by atoms with E-state index in [0.29, 0.717) is 5.92 Å². The summed E-state index contributed by atoms with van der Waals surface area (Å²) in [5.41, 5.74) is 0.499. The van der Waals surface area contributed by atoms with E-state index in [2.05, 4.69) is 25.9 Å². The molecule has 1 heterocycles. The lowest BCUT2D eigenvalue weighted by atomic mass is 9.76. The highest BCUT2D eigenvalue weighted by molar-refractivity contribution is 5.96. The summed E-state index contributed by atoms with van der Waals surface area (Å²) >= 11 is 0. The Balaban J connectivity index is 2.22. The van der Waals surface area contributed by atoms with Crippen LogP contribution in [0.15, 0.2) is 5.16 Å². The predicted octanol–water partition coefficient (Wildman–Crippen LogP) is 2.18. The molecule has 2 atom stereocenters. The van der Waals surface area contributed by atoms with Crippen LogP contribution >= 0.6 is 0 Å². The van der Waals surface area contributed by atoms with Crippen LogP contribution in [0.25, 0.3) is 0 Å². The Morgan fingerprint density at radius 2 is 2.15 bits per heavy atom. The molecule has 13 heavy (non-hydrogen) atoms. The van der Waals surface area contributed by atoms with E-state index in [1.54, 1.807) is 0 Å². The Bertz CT molecular complexity index is 260. The molecule has 0 aromatic rings. The van der Waals surface area contributed by atoms with Crippen LogP contribution in [-0.4, -0.2) is 22.1 Å². The molecule has 1 N–H and O–H groups in total. The van der Waals surface area contributed by atoms with Crippen molar-refractivity contribution in [1.82, 2.24) is 0 Å². The maximum absolute atomic E-state index is 8.92. The van der Waals surface area contributed by atoms with E-state index in [1.807, 2.05) is 0 Å². The van der Waals surface area contributed by atoms with Crippen LogP contribution < -0.4 is 0 Å². The molecule has 2 rings (SSSR count). The summed E-state index contributed by atoms with van der Waals surface area (Å²) < 4.78 is 5.69. The minimum atomic E-state index is -0.228. The summed E-state index contributed by atoms with van der Waals surface area (Å²) in [5.74, 6) is 0.622. The molecule has 74 valence electrons. The normalized spacial score (nSPS) is 45.5. The van der Waals surface area contributed by atoms with Crippen LogP contribution in [0.4, 0.5) is 0 Å². The quantitative estimate of drug-likeness (QED) is 0.355. The fraction of sp³-hybridized carbons (Fsp3) is 0.900. The summed E-state index contributed by atoms with van der Waals surface area (Å²) in [4.78, 5) is 0. The average Bonchev–Trinajstić information content (AvgIpc) is 2.60. The van der Waals surface area contributed by atoms with E-state index in [-0.39, 0.29) is 11.2 Å². The van der Waals surface area contributed by atoms with Gasteiger partial charge in [-0.25, -0.2) is 0 Å². The summed E-state index contributed by atoms with van der Waals surface area (Å²) in [6.07, 6.45) is 3.04. The first-order valence-electron chi connectivity index (χ1n) is 4.93. The highest BCUT2D eigenvalue weighted by Crippen LogP contribution is 2.55. The molecule has 0 radical (unpaired) electrons. The Labute approximate surface area is 78.8 Å². The number of ether oxygens (including phenoxy) is 1. The van der Waals surface area contributed by atoms with E-state index in [1.165, 1.54) is 6.42 Å². The lowest BCUT2D eigenvalue weighted by molar-refractivity contribution is 0.262. The molecule has 0 aromatic heterocycles. The largest absolute Gasteiger partial charge is 0.411 e. The maximum Gasteiger partial charge on any atom is 0.138 e. The van der Waals surface area contributed by atoms with Gasteiger partial charge in [-0.2, -0.15) is 0 Å². The van der Waals surface area contributed by atoms with Gasteiger partial charge in [-0.1, -0.05) is 12.1 Å². The van der Waals surface area contributed by atoms with Gasteiger partial charge >= 0.3 is 0 Å². The Morgan fingerprint density at radius 1 is 1.54 bits per heavy atom. The van der Waals surface area contributed by atoms with Crippen molar-refractivity contribution < 1.29 is 9.94 Å². The van der Waals surface area contributed by atoms with E-state index in [0.717, 1.165) is 18.6 Å². The van der Waals surface area contributed by atoms with E-state index >= 15 is 0 Å². The third-order valence-corrected chi connectivity index (χ3v) is 3.48. The first-order valence-corrected chi connectivity index (χ1v) is 4.93. The third-order valence-electron chi connectivity index (χ3n) is 3.48. The lowest BCUT2D eigenvalue weighted by Crippen LogP contribution is -2.36. The molecule has 1 spiro atoms. The van der Waals surface area contributed by atoms with Crippen LogP contribution in [0.3, 0.4) is 0 Å². The molecule has 3 nitrogen and oxygen atoms in total. The molecule has 2 aliphatic rings. The van der Waals surface area contributed by atoms with Crippen molar-refractivity contribution >= 4 is 5.71 Å². The number of rotatable bonds is 0. The molecular weight excluding hydrogens is 166 g/mol. The molecule has 1 aliphatic carbocycles. The summed E-state index contributed by atoms with van der Waals surface area (Å²) in [6, 6.07) is 0. The topological polar surface area (TPSA) is 45.1 Å². The standard InChI is InChI=1S/C10H17NO2/c1-7-4-5-10(8(6-7)11-12)9(2,3)13-10/h7,12H,4-6H2,1-3H3/b11-8+/t7-,10?/m1/s1. The average molecular weight is 183 g/mol. The molecule has 2 fully saturated rings. The number of nitrogens with zero attached hydrogens (tertiary/aromatic N) is 1. The second-order valence-electron chi connectivity index (χ2n) is 4.83. The Morgan fingerprint density at radius 3 is 2.62 bits per heavy atom. The minimum absolute atomic E-state index is 0.116. The molecule has 1 unspecified atom stereocenters. The SMILES string of the molecule is C[C@@H]1CCC2(OC2(C)C)/C(=N/O)C1. The highest BCUT2D eigenvalue weighted by atomic mass is 16.6. The van der Waals surface area contributed by atoms with Crippen LogP contribution in [0.2, 0.25) is 0 Å². The van der Waals surface area contributed by atoms with Crippen molar-refractivity contribution in [3.05, 3.63) is 0 Å². The predicted molar refractivity (Wildman–Crippen MR) is 50.1 cm³/mol. The molecule has 1 saturated carbocycles.